The maximum absolute atomic E-state index is 12.7. The number of amides is 3. The van der Waals surface area contributed by atoms with Gasteiger partial charge in [-0.25, -0.2) is 4.79 Å². The number of piperidine rings is 1. The molecule has 0 bridgehead atoms. The van der Waals surface area contributed by atoms with Crippen molar-refractivity contribution in [3.8, 4) is 5.75 Å². The van der Waals surface area contributed by atoms with Crippen LogP contribution >= 0.6 is 0 Å². The van der Waals surface area contributed by atoms with Gasteiger partial charge in [0.1, 0.15) is 5.75 Å². The minimum atomic E-state index is -0.0333. The number of likely N-dealkylation sites (tertiary alicyclic amines) is 1. The number of likely N-dealkylation sites (N-methyl/N-ethyl adjacent to an activating group) is 1. The van der Waals surface area contributed by atoms with Crippen molar-refractivity contribution in [2.45, 2.75) is 37.8 Å². The summed E-state index contributed by atoms with van der Waals surface area (Å²) in [5, 5.41) is 2.97. The molecule has 2 saturated heterocycles. The van der Waals surface area contributed by atoms with Gasteiger partial charge < -0.3 is 19.9 Å². The van der Waals surface area contributed by atoms with Crippen LogP contribution in [0.2, 0.25) is 0 Å². The van der Waals surface area contributed by atoms with Crippen molar-refractivity contribution < 1.29 is 14.3 Å². The van der Waals surface area contributed by atoms with E-state index in [4.69, 9.17) is 4.74 Å². The third-order valence-electron chi connectivity index (χ3n) is 5.38. The van der Waals surface area contributed by atoms with E-state index in [-0.39, 0.29) is 24.0 Å². The van der Waals surface area contributed by atoms with Crippen molar-refractivity contribution >= 4 is 11.9 Å². The zero-order chi connectivity index (χ0) is 16.7. The minimum Gasteiger partial charge on any atom is -0.493 e. The first-order valence-electron chi connectivity index (χ1n) is 8.67. The maximum Gasteiger partial charge on any atom is 0.317 e. The summed E-state index contributed by atoms with van der Waals surface area (Å²) in [5.41, 5.74) is 2.24. The molecule has 2 atom stereocenters. The highest BCUT2D eigenvalue weighted by molar-refractivity contribution is 5.80. The van der Waals surface area contributed by atoms with E-state index in [1.807, 2.05) is 24.1 Å². The van der Waals surface area contributed by atoms with E-state index in [1.165, 1.54) is 5.56 Å². The first-order valence-corrected chi connectivity index (χ1v) is 8.67. The first-order chi connectivity index (χ1) is 11.6. The Bertz CT molecular complexity index is 675. The average molecular weight is 329 g/mol. The quantitative estimate of drug-likeness (QED) is 0.886. The van der Waals surface area contributed by atoms with E-state index in [9.17, 15) is 9.59 Å². The van der Waals surface area contributed by atoms with Gasteiger partial charge in [0.25, 0.3) is 0 Å². The smallest absolute Gasteiger partial charge is 0.317 e. The Morgan fingerprint density at radius 1 is 1.42 bits per heavy atom. The molecule has 0 aliphatic carbocycles. The van der Waals surface area contributed by atoms with Crippen molar-refractivity contribution in [1.82, 2.24) is 15.1 Å². The minimum absolute atomic E-state index is 0.0333. The molecule has 0 radical (unpaired) electrons. The zero-order valence-electron chi connectivity index (χ0n) is 14.0. The van der Waals surface area contributed by atoms with Gasteiger partial charge in [-0.3, -0.25) is 4.79 Å². The highest BCUT2D eigenvalue weighted by Gasteiger charge is 2.41. The van der Waals surface area contributed by atoms with Crippen LogP contribution in [0.5, 0.6) is 5.75 Å². The Morgan fingerprint density at radius 2 is 2.29 bits per heavy atom. The Labute approximate surface area is 141 Å². The molecule has 0 unspecified atom stereocenters. The molecule has 1 aromatic carbocycles. The fraction of sp³-hybridized carbons (Fsp3) is 0.556. The van der Waals surface area contributed by atoms with Gasteiger partial charge in [-0.1, -0.05) is 12.1 Å². The molecule has 3 aliphatic rings. The number of carbonyl (C=O) groups is 2. The van der Waals surface area contributed by atoms with E-state index >= 15 is 0 Å². The van der Waals surface area contributed by atoms with Crippen LogP contribution in [0.25, 0.3) is 0 Å². The second-order valence-corrected chi connectivity index (χ2v) is 6.93. The molecule has 3 amide bonds. The Kier molecular flexibility index (Phi) is 3.82. The van der Waals surface area contributed by atoms with E-state index in [2.05, 4.69) is 11.4 Å². The number of ether oxygens (including phenoxy) is 1. The van der Waals surface area contributed by atoms with Crippen LogP contribution in [0.3, 0.4) is 0 Å². The molecule has 6 nitrogen and oxygen atoms in total. The first kappa shape index (κ1) is 15.3. The van der Waals surface area contributed by atoms with Crippen molar-refractivity contribution in [3.63, 3.8) is 0 Å². The lowest BCUT2D eigenvalue weighted by atomic mass is 9.98. The fourth-order valence-corrected chi connectivity index (χ4v) is 3.99. The molecule has 0 spiro atoms. The van der Waals surface area contributed by atoms with Crippen LogP contribution in [0.4, 0.5) is 4.79 Å². The predicted octanol–water partition coefficient (Wildman–Crippen LogP) is 1.18. The molecule has 2 fully saturated rings. The molecule has 24 heavy (non-hydrogen) atoms. The number of carbonyl (C=O) groups excluding carboxylic acids is 2. The molecular weight excluding hydrogens is 306 g/mol. The van der Waals surface area contributed by atoms with Gasteiger partial charge in [-0.05, 0) is 36.5 Å². The summed E-state index contributed by atoms with van der Waals surface area (Å²) in [6.07, 6.45) is 3.30. The van der Waals surface area contributed by atoms with E-state index in [0.717, 1.165) is 37.2 Å². The highest BCUT2D eigenvalue weighted by Crippen LogP contribution is 2.26. The summed E-state index contributed by atoms with van der Waals surface area (Å²) in [5.74, 6) is 1.09. The average Bonchev–Trinajstić information content (AvgIpc) is 2.88. The lowest BCUT2D eigenvalue weighted by Gasteiger charge is -2.35. The largest absolute Gasteiger partial charge is 0.493 e. The molecule has 128 valence electrons. The van der Waals surface area contributed by atoms with Crippen LogP contribution in [0.15, 0.2) is 18.2 Å². The van der Waals surface area contributed by atoms with Gasteiger partial charge in [-0.15, -0.1) is 0 Å². The topological polar surface area (TPSA) is 61.9 Å². The van der Waals surface area contributed by atoms with Gasteiger partial charge in [0, 0.05) is 20.1 Å². The van der Waals surface area contributed by atoms with Crippen molar-refractivity contribution in [2.24, 2.45) is 0 Å². The second kappa shape index (κ2) is 6.00. The number of hydrogen-bond donors (Lipinski definition) is 1. The number of benzene rings is 1. The van der Waals surface area contributed by atoms with Crippen LogP contribution in [-0.2, 0) is 17.6 Å². The van der Waals surface area contributed by atoms with Crippen LogP contribution in [0, 0.1) is 0 Å². The van der Waals surface area contributed by atoms with Crippen molar-refractivity contribution in [1.29, 1.82) is 0 Å². The summed E-state index contributed by atoms with van der Waals surface area (Å²) in [7, 11) is 1.83. The molecule has 0 aromatic heterocycles. The maximum atomic E-state index is 12.7. The molecule has 4 rings (SSSR count). The Hall–Kier alpha value is -2.24. The molecule has 6 heteroatoms. The van der Waals surface area contributed by atoms with Crippen LogP contribution < -0.4 is 10.1 Å². The molecular formula is C18H23N3O3. The normalized spacial score (nSPS) is 25.6. The van der Waals surface area contributed by atoms with Gasteiger partial charge in [0.2, 0.25) is 5.91 Å². The van der Waals surface area contributed by atoms with Crippen molar-refractivity contribution in [3.05, 3.63) is 29.3 Å². The van der Waals surface area contributed by atoms with Gasteiger partial charge in [0.05, 0.1) is 25.1 Å². The van der Waals surface area contributed by atoms with Crippen LogP contribution in [0.1, 0.15) is 24.0 Å². The lowest BCUT2D eigenvalue weighted by Crippen LogP contribution is -2.52. The van der Waals surface area contributed by atoms with Gasteiger partial charge in [0.15, 0.2) is 0 Å². The molecule has 3 heterocycles. The summed E-state index contributed by atoms with van der Waals surface area (Å²) < 4.78 is 5.63. The highest BCUT2D eigenvalue weighted by atomic mass is 16.5. The molecule has 1 aromatic rings. The molecule has 0 saturated carbocycles. The summed E-state index contributed by atoms with van der Waals surface area (Å²) in [4.78, 5) is 28.0. The third kappa shape index (κ3) is 2.70. The van der Waals surface area contributed by atoms with E-state index in [0.29, 0.717) is 19.5 Å². The number of nitrogens with zero attached hydrogens (tertiary/aromatic N) is 2. The molecule has 3 aliphatic heterocycles. The van der Waals surface area contributed by atoms with Gasteiger partial charge in [-0.2, -0.15) is 0 Å². The van der Waals surface area contributed by atoms with Gasteiger partial charge >= 0.3 is 6.03 Å². The SMILES string of the molecule is CN1C(=O)N[C@@H]2CN(C(=O)Cc3ccc4c(c3)CCCO4)CC[C@@H]21. The lowest BCUT2D eigenvalue weighted by molar-refractivity contribution is -0.132. The monoisotopic (exact) mass is 329 g/mol. The molecule has 1 N–H and O–H groups in total. The Morgan fingerprint density at radius 3 is 3.17 bits per heavy atom. The second-order valence-electron chi connectivity index (χ2n) is 6.93. The zero-order valence-corrected chi connectivity index (χ0v) is 14.0. The number of fused-ring (bicyclic) bond motifs is 2. The fourth-order valence-electron chi connectivity index (χ4n) is 3.99. The van der Waals surface area contributed by atoms with Crippen LogP contribution in [-0.4, -0.2) is 60.6 Å². The number of aryl methyl sites for hydroxylation is 1. The predicted molar refractivity (Wildman–Crippen MR) is 89.0 cm³/mol. The third-order valence-corrected chi connectivity index (χ3v) is 5.38. The van der Waals surface area contributed by atoms with Crippen molar-refractivity contribution in [2.75, 3.05) is 26.7 Å². The summed E-state index contributed by atoms with van der Waals surface area (Å²) in [6.45, 7) is 2.10. The number of rotatable bonds is 2. The Balaban J connectivity index is 1.41. The van der Waals surface area contributed by atoms with E-state index in [1.54, 1.807) is 4.90 Å². The number of urea groups is 1. The summed E-state index contributed by atoms with van der Waals surface area (Å²) in [6, 6.07) is 6.30. The number of nitrogens with one attached hydrogen (secondary N) is 1. The van der Waals surface area contributed by atoms with E-state index < -0.39 is 0 Å². The number of hydrogen-bond acceptors (Lipinski definition) is 3. The summed E-state index contributed by atoms with van der Waals surface area (Å²) >= 11 is 0. The standard InChI is InChI=1S/C18H23N3O3/c1-20-15-6-7-21(11-14(15)19-18(20)23)17(22)10-12-4-5-16-13(9-12)3-2-8-24-16/h4-5,9,14-15H,2-3,6-8,10-11H2,1H3,(H,19,23)/t14-,15+/m1/s1.